The van der Waals surface area contributed by atoms with Gasteiger partial charge in [-0.15, -0.1) is 0 Å². The topological polar surface area (TPSA) is 80.8 Å². The molecule has 0 unspecified atom stereocenters. The number of rotatable bonds is 4. The van der Waals surface area contributed by atoms with Crippen LogP contribution in [0.2, 0.25) is 0 Å². The summed E-state index contributed by atoms with van der Waals surface area (Å²) in [6.07, 6.45) is 5.84. The summed E-state index contributed by atoms with van der Waals surface area (Å²) in [7, 11) is 1.93. The zero-order chi connectivity index (χ0) is 16.1. The maximum absolute atomic E-state index is 5.52. The smallest absolute Gasteiger partial charge is 0.229 e. The van der Waals surface area contributed by atoms with E-state index in [0.717, 1.165) is 27.9 Å². The highest BCUT2D eigenvalue weighted by Crippen LogP contribution is 2.30. The standard InChI is InChI=1S/C17H16N6O/c1-23-14-5-4-12(8-10(14)9-18-23)20-17-21-13-6-7-24-15(13)16(22-17)19-11-2-3-11/h4-9,11H,2-3H2,1H3,(H2,19,20,21,22). The molecule has 1 aromatic carbocycles. The molecule has 1 aliphatic carbocycles. The molecule has 0 saturated heterocycles. The zero-order valence-corrected chi connectivity index (χ0v) is 13.2. The van der Waals surface area contributed by atoms with Crippen LogP contribution in [0, 0.1) is 0 Å². The van der Waals surface area contributed by atoms with Gasteiger partial charge in [0.1, 0.15) is 5.52 Å². The van der Waals surface area contributed by atoms with Gasteiger partial charge in [-0.3, -0.25) is 4.68 Å². The van der Waals surface area contributed by atoms with Crippen molar-refractivity contribution < 1.29 is 4.42 Å². The fourth-order valence-corrected chi connectivity index (χ4v) is 2.81. The van der Waals surface area contributed by atoms with Gasteiger partial charge in [-0.2, -0.15) is 10.1 Å². The predicted molar refractivity (Wildman–Crippen MR) is 92.4 cm³/mol. The Labute approximate surface area is 137 Å². The Morgan fingerprint density at radius 1 is 1.21 bits per heavy atom. The van der Waals surface area contributed by atoms with E-state index in [4.69, 9.17) is 4.42 Å². The zero-order valence-electron chi connectivity index (χ0n) is 13.2. The van der Waals surface area contributed by atoms with Crippen LogP contribution >= 0.6 is 0 Å². The molecule has 1 saturated carbocycles. The highest BCUT2D eigenvalue weighted by atomic mass is 16.3. The van der Waals surface area contributed by atoms with Gasteiger partial charge in [0.15, 0.2) is 11.4 Å². The summed E-state index contributed by atoms with van der Waals surface area (Å²) >= 11 is 0. The Bertz CT molecular complexity index is 1050. The van der Waals surface area contributed by atoms with Crippen molar-refractivity contribution in [1.82, 2.24) is 19.7 Å². The predicted octanol–water partition coefficient (Wildman–Crippen LogP) is 3.43. The molecule has 1 fully saturated rings. The molecule has 3 heterocycles. The van der Waals surface area contributed by atoms with E-state index in [0.29, 0.717) is 17.6 Å². The lowest BCUT2D eigenvalue weighted by Crippen LogP contribution is -2.06. The third-order valence-electron chi connectivity index (χ3n) is 4.22. The molecular weight excluding hydrogens is 304 g/mol. The van der Waals surface area contributed by atoms with Crippen molar-refractivity contribution in [2.75, 3.05) is 10.6 Å². The number of fused-ring (bicyclic) bond motifs is 2. The summed E-state index contributed by atoms with van der Waals surface area (Å²) in [5.41, 5.74) is 3.51. The SMILES string of the molecule is Cn1ncc2cc(Nc3nc(NC4CC4)c4occc4n3)ccc21. The van der Waals surface area contributed by atoms with Crippen molar-refractivity contribution in [3.8, 4) is 0 Å². The second kappa shape index (κ2) is 4.95. The summed E-state index contributed by atoms with van der Waals surface area (Å²) < 4.78 is 7.37. The third-order valence-corrected chi connectivity index (χ3v) is 4.22. The van der Waals surface area contributed by atoms with E-state index in [9.17, 15) is 0 Å². The van der Waals surface area contributed by atoms with Crippen LogP contribution in [0.5, 0.6) is 0 Å². The number of aryl methyl sites for hydroxylation is 1. The van der Waals surface area contributed by atoms with Gasteiger partial charge in [0.05, 0.1) is 18.0 Å². The molecule has 2 N–H and O–H groups in total. The van der Waals surface area contributed by atoms with Crippen molar-refractivity contribution in [3.05, 3.63) is 36.7 Å². The number of nitrogens with one attached hydrogen (secondary N) is 2. The van der Waals surface area contributed by atoms with Crippen LogP contribution in [0.15, 0.2) is 41.1 Å². The number of hydrogen-bond acceptors (Lipinski definition) is 6. The second-order valence-corrected chi connectivity index (χ2v) is 6.12. The summed E-state index contributed by atoms with van der Waals surface area (Å²) in [5, 5.41) is 12.0. The molecule has 1 aliphatic rings. The van der Waals surface area contributed by atoms with Gasteiger partial charge in [-0.1, -0.05) is 0 Å². The first-order valence-electron chi connectivity index (χ1n) is 7.97. The van der Waals surface area contributed by atoms with Gasteiger partial charge in [-0.25, -0.2) is 4.98 Å². The highest BCUT2D eigenvalue weighted by Gasteiger charge is 2.23. The summed E-state index contributed by atoms with van der Waals surface area (Å²) in [6.45, 7) is 0. The van der Waals surface area contributed by atoms with E-state index in [1.807, 2.05) is 42.2 Å². The van der Waals surface area contributed by atoms with Crippen LogP contribution in [-0.2, 0) is 7.05 Å². The average Bonchev–Trinajstić information content (AvgIpc) is 3.13. The largest absolute Gasteiger partial charge is 0.459 e. The van der Waals surface area contributed by atoms with Gasteiger partial charge in [-0.05, 0) is 31.0 Å². The van der Waals surface area contributed by atoms with E-state index in [1.54, 1.807) is 6.26 Å². The third kappa shape index (κ3) is 2.25. The molecule has 0 radical (unpaired) electrons. The number of hydrogen-bond donors (Lipinski definition) is 2. The molecule has 0 spiro atoms. The fourth-order valence-electron chi connectivity index (χ4n) is 2.81. The monoisotopic (exact) mass is 320 g/mol. The number of furan rings is 1. The molecule has 120 valence electrons. The molecule has 0 bridgehead atoms. The first-order chi connectivity index (χ1) is 11.8. The number of nitrogens with zero attached hydrogens (tertiary/aromatic N) is 4. The molecule has 3 aromatic heterocycles. The first kappa shape index (κ1) is 13.4. The van der Waals surface area contributed by atoms with Crippen molar-refractivity contribution in [2.45, 2.75) is 18.9 Å². The van der Waals surface area contributed by atoms with Gasteiger partial charge in [0, 0.05) is 30.2 Å². The summed E-state index contributed by atoms with van der Waals surface area (Å²) in [4.78, 5) is 9.11. The van der Waals surface area contributed by atoms with Crippen LogP contribution < -0.4 is 10.6 Å². The Balaban J connectivity index is 1.52. The lowest BCUT2D eigenvalue weighted by Gasteiger charge is -2.09. The molecule has 4 aromatic rings. The fraction of sp³-hybridized carbons (Fsp3) is 0.235. The molecule has 24 heavy (non-hydrogen) atoms. The molecule has 5 rings (SSSR count). The molecule has 0 aliphatic heterocycles. The van der Waals surface area contributed by atoms with Gasteiger partial charge >= 0.3 is 0 Å². The van der Waals surface area contributed by atoms with Gasteiger partial charge < -0.3 is 15.1 Å². The van der Waals surface area contributed by atoms with Crippen LogP contribution in [0.3, 0.4) is 0 Å². The van der Waals surface area contributed by atoms with Crippen molar-refractivity contribution in [3.63, 3.8) is 0 Å². The average molecular weight is 320 g/mol. The van der Waals surface area contributed by atoms with E-state index in [2.05, 4.69) is 25.7 Å². The Kier molecular flexibility index (Phi) is 2.76. The van der Waals surface area contributed by atoms with E-state index >= 15 is 0 Å². The summed E-state index contributed by atoms with van der Waals surface area (Å²) in [6, 6.07) is 8.42. The molecule has 7 nitrogen and oxygen atoms in total. The molecular formula is C17H16N6O. The first-order valence-corrected chi connectivity index (χ1v) is 7.97. The Morgan fingerprint density at radius 3 is 3.00 bits per heavy atom. The highest BCUT2D eigenvalue weighted by molar-refractivity contribution is 5.86. The second-order valence-electron chi connectivity index (χ2n) is 6.12. The van der Waals surface area contributed by atoms with Crippen LogP contribution in [-0.4, -0.2) is 25.8 Å². The molecule has 0 amide bonds. The molecule has 0 atom stereocenters. The number of aromatic nitrogens is 4. The Hall–Kier alpha value is -3.09. The molecule has 7 heteroatoms. The quantitative estimate of drug-likeness (QED) is 0.599. The van der Waals surface area contributed by atoms with E-state index in [-0.39, 0.29) is 0 Å². The van der Waals surface area contributed by atoms with Gasteiger partial charge in [0.2, 0.25) is 5.95 Å². The minimum atomic E-state index is 0.493. The normalized spacial score (nSPS) is 14.4. The van der Waals surface area contributed by atoms with Crippen LogP contribution in [0.1, 0.15) is 12.8 Å². The van der Waals surface area contributed by atoms with Crippen molar-refractivity contribution in [1.29, 1.82) is 0 Å². The van der Waals surface area contributed by atoms with E-state index < -0.39 is 0 Å². The Morgan fingerprint density at radius 2 is 2.12 bits per heavy atom. The van der Waals surface area contributed by atoms with Crippen molar-refractivity contribution in [2.24, 2.45) is 7.05 Å². The lowest BCUT2D eigenvalue weighted by atomic mass is 10.2. The summed E-state index contributed by atoms with van der Waals surface area (Å²) in [5.74, 6) is 1.30. The maximum Gasteiger partial charge on any atom is 0.229 e. The van der Waals surface area contributed by atoms with Crippen molar-refractivity contribution >= 4 is 39.5 Å². The van der Waals surface area contributed by atoms with E-state index in [1.165, 1.54) is 12.8 Å². The van der Waals surface area contributed by atoms with Crippen LogP contribution in [0.25, 0.3) is 22.0 Å². The van der Waals surface area contributed by atoms with Gasteiger partial charge in [0.25, 0.3) is 0 Å². The number of anilines is 3. The van der Waals surface area contributed by atoms with Crippen LogP contribution in [0.4, 0.5) is 17.5 Å². The lowest BCUT2D eigenvalue weighted by molar-refractivity contribution is 0.614. The number of benzene rings is 1. The minimum Gasteiger partial charge on any atom is -0.459 e. The minimum absolute atomic E-state index is 0.493. The maximum atomic E-state index is 5.52.